The largest absolute Gasteiger partial charge is 0.522 e. The third-order valence-corrected chi connectivity index (χ3v) is 10.4. The minimum atomic E-state index is -5.65. The Balaban J connectivity index is 1.93. The van der Waals surface area contributed by atoms with E-state index in [1.165, 1.54) is 18.7 Å². The van der Waals surface area contributed by atoms with Crippen LogP contribution in [0.3, 0.4) is 0 Å². The van der Waals surface area contributed by atoms with E-state index in [9.17, 15) is 21.6 Å². The van der Waals surface area contributed by atoms with Crippen LogP contribution in [0.15, 0.2) is 60.7 Å². The fourth-order valence-corrected chi connectivity index (χ4v) is 8.46. The van der Waals surface area contributed by atoms with Crippen LogP contribution in [-0.4, -0.2) is 22.2 Å². The summed E-state index contributed by atoms with van der Waals surface area (Å²) in [6.45, 7) is 5.12. The van der Waals surface area contributed by atoms with E-state index >= 15 is 0 Å². The fourth-order valence-electron chi connectivity index (χ4n) is 3.81. The molecule has 0 amide bonds. The van der Waals surface area contributed by atoms with E-state index < -0.39 is 29.5 Å². The second kappa shape index (κ2) is 7.74. The van der Waals surface area contributed by atoms with Gasteiger partial charge in [-0.2, -0.15) is 21.6 Å². The minimum Gasteiger partial charge on any atom is -0.307 e. The molecule has 2 atom stereocenters. The van der Waals surface area contributed by atoms with Gasteiger partial charge in [-0.05, 0) is 47.7 Å². The summed E-state index contributed by atoms with van der Waals surface area (Å²) in [4.78, 5) is 0. The summed E-state index contributed by atoms with van der Waals surface area (Å²) in [5.41, 5.74) is -1.94. The van der Waals surface area contributed by atoms with E-state index in [1.807, 2.05) is 60.7 Å². The zero-order valence-electron chi connectivity index (χ0n) is 16.4. The first-order valence-electron chi connectivity index (χ1n) is 9.29. The smallest absolute Gasteiger partial charge is 0.307 e. The van der Waals surface area contributed by atoms with Crippen LogP contribution in [0.5, 0.6) is 0 Å². The van der Waals surface area contributed by atoms with Crippen LogP contribution < -0.4 is 0 Å². The Kier molecular flexibility index (Phi) is 5.81. The Labute approximate surface area is 170 Å². The van der Waals surface area contributed by atoms with Crippen molar-refractivity contribution in [2.45, 2.75) is 43.4 Å². The number of rotatable bonds is 6. The molecule has 0 heterocycles. The van der Waals surface area contributed by atoms with Gasteiger partial charge in [0.1, 0.15) is 0 Å². The first kappa shape index (κ1) is 21.8. The molecule has 2 unspecified atom stereocenters. The van der Waals surface area contributed by atoms with E-state index in [0.717, 1.165) is 16.7 Å². The molecular weight excluding hydrogens is 417 g/mol. The van der Waals surface area contributed by atoms with Crippen LogP contribution in [0.4, 0.5) is 13.2 Å². The first-order valence-corrected chi connectivity index (χ1v) is 13.7. The SMILES string of the molecule is CC(CC1=CC([Si](C)(C)OS(=O)(=O)C(F)(F)F)c2ccccc21)c1ccccc1. The number of halogens is 3. The monoisotopic (exact) mass is 440 g/mol. The Morgan fingerprint density at radius 3 is 2.24 bits per heavy atom. The Bertz CT molecular complexity index is 1010. The lowest BCUT2D eigenvalue weighted by Crippen LogP contribution is -2.43. The van der Waals surface area contributed by atoms with E-state index in [0.29, 0.717) is 6.42 Å². The van der Waals surface area contributed by atoms with Crippen molar-refractivity contribution in [1.82, 2.24) is 0 Å². The topological polar surface area (TPSA) is 43.4 Å². The average Bonchev–Trinajstić information content (AvgIpc) is 3.00. The summed E-state index contributed by atoms with van der Waals surface area (Å²) in [7, 11) is -8.97. The van der Waals surface area contributed by atoms with Crippen molar-refractivity contribution in [3.63, 3.8) is 0 Å². The summed E-state index contributed by atoms with van der Waals surface area (Å²) in [6.07, 6.45) is 2.61. The molecule has 1 aliphatic carbocycles. The molecular formula is C21H23F3O3SSi. The van der Waals surface area contributed by atoms with Crippen LogP contribution in [0, 0.1) is 0 Å². The summed E-state index contributed by atoms with van der Waals surface area (Å²) in [5, 5.41) is 0. The molecule has 8 heteroatoms. The normalized spacial score (nSPS) is 18.3. The second-order valence-corrected chi connectivity index (χ2v) is 13.7. The minimum absolute atomic E-state index is 0.207. The van der Waals surface area contributed by atoms with Gasteiger partial charge in [0.05, 0.1) is 0 Å². The fraction of sp³-hybridized carbons (Fsp3) is 0.333. The molecule has 3 nitrogen and oxygen atoms in total. The van der Waals surface area contributed by atoms with Crippen LogP contribution >= 0.6 is 0 Å². The zero-order valence-corrected chi connectivity index (χ0v) is 18.2. The maximum absolute atomic E-state index is 12.9. The lowest BCUT2D eigenvalue weighted by Gasteiger charge is -2.28. The number of benzene rings is 2. The van der Waals surface area contributed by atoms with Crippen LogP contribution in [-0.2, 0) is 14.0 Å². The molecule has 0 saturated carbocycles. The standard InChI is InChI=1S/C21H23F3O3SSi/c1-15(16-9-5-4-6-10-16)13-17-14-20(19-12-8-7-11-18(17)19)29(2,3)27-28(25,26)21(22,23)24/h4-12,14-15,20H,13H2,1-3H3. The third-order valence-electron chi connectivity index (χ3n) is 5.26. The highest BCUT2D eigenvalue weighted by atomic mass is 32.2. The van der Waals surface area contributed by atoms with Crippen LogP contribution in [0.25, 0.3) is 5.57 Å². The van der Waals surface area contributed by atoms with Gasteiger partial charge >= 0.3 is 15.6 Å². The van der Waals surface area contributed by atoms with Crippen molar-refractivity contribution < 1.29 is 25.5 Å². The number of allylic oxidation sites excluding steroid dienone is 2. The van der Waals surface area contributed by atoms with Crippen molar-refractivity contribution in [3.8, 4) is 0 Å². The second-order valence-electron chi connectivity index (χ2n) is 7.86. The lowest BCUT2D eigenvalue weighted by atomic mass is 9.91. The van der Waals surface area contributed by atoms with Gasteiger partial charge in [0.2, 0.25) is 8.32 Å². The molecule has 0 aromatic heterocycles. The van der Waals surface area contributed by atoms with Gasteiger partial charge < -0.3 is 3.87 Å². The zero-order chi connectivity index (χ0) is 21.4. The average molecular weight is 441 g/mol. The van der Waals surface area contributed by atoms with Gasteiger partial charge in [0.15, 0.2) is 0 Å². The molecule has 0 spiro atoms. The van der Waals surface area contributed by atoms with E-state index in [2.05, 4.69) is 6.92 Å². The Morgan fingerprint density at radius 2 is 1.62 bits per heavy atom. The summed E-state index contributed by atoms with van der Waals surface area (Å²) < 4.78 is 66.7. The molecule has 1 aliphatic rings. The number of fused-ring (bicyclic) bond motifs is 1. The predicted octanol–water partition coefficient (Wildman–Crippen LogP) is 5.97. The van der Waals surface area contributed by atoms with Crippen molar-refractivity contribution in [1.29, 1.82) is 0 Å². The van der Waals surface area contributed by atoms with Crippen molar-refractivity contribution >= 4 is 24.0 Å². The number of alkyl halides is 3. The molecule has 0 fully saturated rings. The molecule has 0 aliphatic heterocycles. The van der Waals surface area contributed by atoms with Gasteiger partial charge in [-0.15, -0.1) is 0 Å². The highest BCUT2D eigenvalue weighted by Gasteiger charge is 2.52. The molecule has 3 rings (SSSR count). The molecule has 0 radical (unpaired) electrons. The van der Waals surface area contributed by atoms with Gasteiger partial charge in [0, 0.05) is 5.54 Å². The maximum atomic E-state index is 12.9. The maximum Gasteiger partial charge on any atom is 0.522 e. The molecule has 2 aromatic carbocycles. The first-order chi connectivity index (χ1) is 13.4. The Morgan fingerprint density at radius 1 is 1.03 bits per heavy atom. The number of hydrogen-bond donors (Lipinski definition) is 0. The van der Waals surface area contributed by atoms with Crippen LogP contribution in [0.2, 0.25) is 13.1 Å². The van der Waals surface area contributed by atoms with E-state index in [4.69, 9.17) is 3.87 Å². The van der Waals surface area contributed by atoms with Crippen molar-refractivity contribution in [3.05, 3.63) is 77.4 Å². The molecule has 0 saturated heterocycles. The Hall–Kier alpha value is -1.90. The summed E-state index contributed by atoms with van der Waals surface area (Å²) in [6, 6.07) is 17.4. The van der Waals surface area contributed by atoms with E-state index in [1.54, 1.807) is 0 Å². The van der Waals surface area contributed by atoms with Gasteiger partial charge in [-0.1, -0.05) is 67.6 Å². The van der Waals surface area contributed by atoms with Gasteiger partial charge in [-0.3, -0.25) is 0 Å². The summed E-state index contributed by atoms with van der Waals surface area (Å²) in [5.74, 6) is 0.207. The molecule has 29 heavy (non-hydrogen) atoms. The predicted molar refractivity (Wildman–Crippen MR) is 110 cm³/mol. The highest BCUT2D eigenvalue weighted by molar-refractivity contribution is 7.88. The molecule has 0 N–H and O–H groups in total. The quantitative estimate of drug-likeness (QED) is 0.410. The summed E-state index contributed by atoms with van der Waals surface area (Å²) >= 11 is 0. The van der Waals surface area contributed by atoms with Gasteiger partial charge in [0.25, 0.3) is 0 Å². The number of hydrogen-bond acceptors (Lipinski definition) is 3. The third kappa shape index (κ3) is 4.49. The lowest BCUT2D eigenvalue weighted by molar-refractivity contribution is -0.0504. The van der Waals surface area contributed by atoms with Crippen LogP contribution in [0.1, 0.15) is 41.5 Å². The van der Waals surface area contributed by atoms with Crippen molar-refractivity contribution in [2.75, 3.05) is 0 Å². The molecule has 0 bridgehead atoms. The van der Waals surface area contributed by atoms with Gasteiger partial charge in [-0.25, -0.2) is 0 Å². The molecule has 2 aromatic rings. The van der Waals surface area contributed by atoms with E-state index in [-0.39, 0.29) is 5.92 Å². The highest BCUT2D eigenvalue weighted by Crippen LogP contribution is 2.45. The van der Waals surface area contributed by atoms with Crippen molar-refractivity contribution in [2.24, 2.45) is 0 Å². The molecule has 156 valence electrons.